The first-order chi connectivity index (χ1) is 17.2. The number of sulfonamides is 1. The molecule has 0 spiro atoms. The van der Waals surface area contributed by atoms with Crippen molar-refractivity contribution in [2.75, 3.05) is 23.9 Å². The van der Waals surface area contributed by atoms with Crippen molar-refractivity contribution in [3.63, 3.8) is 0 Å². The van der Waals surface area contributed by atoms with Crippen molar-refractivity contribution in [2.45, 2.75) is 31.2 Å². The molecule has 1 atom stereocenters. The zero-order chi connectivity index (χ0) is 26.1. The summed E-state index contributed by atoms with van der Waals surface area (Å²) in [7, 11) is -4.04. The van der Waals surface area contributed by atoms with Gasteiger partial charge in [-0.25, -0.2) is 8.42 Å². The van der Waals surface area contributed by atoms with E-state index in [1.807, 2.05) is 37.3 Å². The first kappa shape index (κ1) is 27.7. The van der Waals surface area contributed by atoms with Crippen molar-refractivity contribution in [1.82, 2.24) is 10.2 Å². The van der Waals surface area contributed by atoms with Crippen LogP contribution in [0.1, 0.15) is 19.4 Å². The molecule has 36 heavy (non-hydrogen) atoms. The molecule has 0 aliphatic rings. The number of nitrogens with one attached hydrogen (secondary N) is 1. The van der Waals surface area contributed by atoms with Gasteiger partial charge < -0.3 is 10.2 Å². The second-order valence-corrected chi connectivity index (χ2v) is 11.3. The third kappa shape index (κ3) is 7.07. The summed E-state index contributed by atoms with van der Waals surface area (Å²) in [5.41, 5.74) is 1.39. The zero-order valence-electron chi connectivity index (χ0n) is 20.3. The third-order valence-corrected chi connectivity index (χ3v) is 8.23. The van der Waals surface area contributed by atoms with Gasteiger partial charge >= 0.3 is 0 Å². The van der Waals surface area contributed by atoms with Crippen LogP contribution in [0.25, 0.3) is 0 Å². The summed E-state index contributed by atoms with van der Waals surface area (Å²) in [4.78, 5) is 27.9. The van der Waals surface area contributed by atoms with Crippen LogP contribution in [-0.2, 0) is 26.0 Å². The maximum Gasteiger partial charge on any atom is 0.264 e. The number of amides is 2. The SMILES string of the molecule is CCNC(=O)[C@@H](C)N(CCc1ccccc1)C(=O)CN(c1ccc(I)cc1)S(=O)(=O)c1ccccc1. The minimum atomic E-state index is -4.04. The predicted molar refractivity (Wildman–Crippen MR) is 150 cm³/mol. The topological polar surface area (TPSA) is 86.8 Å². The van der Waals surface area contributed by atoms with Crippen LogP contribution in [0, 0.1) is 3.57 Å². The Morgan fingerprint density at radius 2 is 1.50 bits per heavy atom. The van der Waals surface area contributed by atoms with E-state index in [0.29, 0.717) is 18.7 Å². The predicted octanol–water partition coefficient (Wildman–Crippen LogP) is 4.08. The Bertz CT molecular complexity index is 1250. The van der Waals surface area contributed by atoms with E-state index in [4.69, 9.17) is 0 Å². The molecular weight excluding hydrogens is 589 g/mol. The van der Waals surface area contributed by atoms with E-state index in [-0.39, 0.29) is 17.3 Å². The molecule has 0 aliphatic heterocycles. The lowest BCUT2D eigenvalue weighted by Crippen LogP contribution is -2.52. The summed E-state index contributed by atoms with van der Waals surface area (Å²) >= 11 is 2.14. The second kappa shape index (κ2) is 12.9. The van der Waals surface area contributed by atoms with Crippen LogP contribution in [0.2, 0.25) is 0 Å². The monoisotopic (exact) mass is 619 g/mol. The quantitative estimate of drug-likeness (QED) is 0.328. The highest BCUT2D eigenvalue weighted by Gasteiger charge is 2.32. The molecule has 0 saturated heterocycles. The standard InChI is InChI=1S/C27H30IN3O4S/c1-3-29-27(33)21(2)30(19-18-22-10-6-4-7-11-22)26(32)20-31(24-16-14-23(28)15-17-24)36(34,35)25-12-8-5-9-13-25/h4-17,21H,3,18-20H2,1-2H3,(H,29,33)/t21-/m1/s1. The van der Waals surface area contributed by atoms with Crippen molar-refractivity contribution < 1.29 is 18.0 Å². The van der Waals surface area contributed by atoms with E-state index >= 15 is 0 Å². The minimum Gasteiger partial charge on any atom is -0.355 e. The average molecular weight is 620 g/mol. The van der Waals surface area contributed by atoms with Crippen LogP contribution in [0.4, 0.5) is 5.69 Å². The molecule has 0 saturated carbocycles. The molecular formula is C27H30IN3O4S. The zero-order valence-corrected chi connectivity index (χ0v) is 23.3. The molecule has 2 amide bonds. The van der Waals surface area contributed by atoms with Gasteiger partial charge in [-0.3, -0.25) is 13.9 Å². The lowest BCUT2D eigenvalue weighted by Gasteiger charge is -2.32. The van der Waals surface area contributed by atoms with Gasteiger partial charge in [-0.2, -0.15) is 0 Å². The van der Waals surface area contributed by atoms with Crippen molar-refractivity contribution in [2.24, 2.45) is 0 Å². The molecule has 0 bridgehead atoms. The van der Waals surface area contributed by atoms with E-state index in [0.717, 1.165) is 13.4 Å². The molecule has 190 valence electrons. The van der Waals surface area contributed by atoms with Crippen LogP contribution in [-0.4, -0.2) is 50.8 Å². The van der Waals surface area contributed by atoms with E-state index in [1.54, 1.807) is 49.4 Å². The number of carbonyl (C=O) groups is 2. The Kier molecular flexibility index (Phi) is 9.89. The molecule has 0 fully saturated rings. The Morgan fingerprint density at radius 1 is 0.917 bits per heavy atom. The Morgan fingerprint density at radius 3 is 2.08 bits per heavy atom. The first-order valence-electron chi connectivity index (χ1n) is 11.7. The number of likely N-dealkylation sites (N-methyl/N-ethyl adjacent to an activating group) is 1. The molecule has 3 rings (SSSR count). The molecule has 0 aliphatic carbocycles. The van der Waals surface area contributed by atoms with Crippen LogP contribution < -0.4 is 9.62 Å². The highest BCUT2D eigenvalue weighted by Crippen LogP contribution is 2.25. The van der Waals surface area contributed by atoms with Crippen LogP contribution >= 0.6 is 22.6 Å². The van der Waals surface area contributed by atoms with E-state index < -0.39 is 28.5 Å². The Balaban J connectivity index is 1.95. The summed E-state index contributed by atoms with van der Waals surface area (Å²) < 4.78 is 29.3. The first-order valence-corrected chi connectivity index (χ1v) is 14.2. The largest absolute Gasteiger partial charge is 0.355 e. The van der Waals surface area contributed by atoms with E-state index in [9.17, 15) is 18.0 Å². The van der Waals surface area contributed by atoms with Gasteiger partial charge in [0.1, 0.15) is 12.6 Å². The van der Waals surface area contributed by atoms with Crippen molar-refractivity contribution in [3.05, 3.63) is 94.1 Å². The molecule has 9 heteroatoms. The van der Waals surface area contributed by atoms with Gasteiger partial charge in [0.15, 0.2) is 0 Å². The van der Waals surface area contributed by atoms with E-state index in [1.165, 1.54) is 17.0 Å². The van der Waals surface area contributed by atoms with Gasteiger partial charge in [-0.15, -0.1) is 0 Å². The second-order valence-electron chi connectivity index (χ2n) is 8.19. The number of carbonyl (C=O) groups excluding carboxylic acids is 2. The number of nitrogens with zero attached hydrogens (tertiary/aromatic N) is 2. The van der Waals surface area contributed by atoms with Crippen LogP contribution in [0.3, 0.4) is 0 Å². The molecule has 0 heterocycles. The highest BCUT2D eigenvalue weighted by atomic mass is 127. The maximum absolute atomic E-state index is 13.7. The fourth-order valence-corrected chi connectivity index (χ4v) is 5.54. The molecule has 3 aromatic rings. The minimum absolute atomic E-state index is 0.0870. The Labute approximate surface area is 226 Å². The van der Waals surface area contributed by atoms with Crippen LogP contribution in [0.5, 0.6) is 0 Å². The number of anilines is 1. The highest BCUT2D eigenvalue weighted by molar-refractivity contribution is 14.1. The summed E-state index contributed by atoms with van der Waals surface area (Å²) in [5, 5.41) is 2.76. The van der Waals surface area contributed by atoms with Gasteiger partial charge in [0.2, 0.25) is 11.8 Å². The van der Waals surface area contributed by atoms with Crippen molar-refractivity contribution in [1.29, 1.82) is 0 Å². The Hall–Kier alpha value is -2.92. The summed E-state index contributed by atoms with van der Waals surface area (Å²) in [6.45, 7) is 3.74. The van der Waals surface area contributed by atoms with Crippen molar-refractivity contribution >= 4 is 50.1 Å². The normalized spacial score (nSPS) is 12.0. The molecule has 3 aromatic carbocycles. The van der Waals surface area contributed by atoms with Gasteiger partial charge in [0, 0.05) is 16.7 Å². The smallest absolute Gasteiger partial charge is 0.264 e. The number of benzene rings is 3. The molecule has 0 unspecified atom stereocenters. The fraction of sp³-hybridized carbons (Fsp3) is 0.259. The van der Waals surface area contributed by atoms with Gasteiger partial charge in [-0.1, -0.05) is 48.5 Å². The average Bonchev–Trinajstić information content (AvgIpc) is 2.89. The van der Waals surface area contributed by atoms with Crippen LogP contribution in [0.15, 0.2) is 89.8 Å². The summed E-state index contributed by atoms with van der Waals surface area (Å²) in [6, 6.07) is 23.9. The van der Waals surface area contributed by atoms with Gasteiger partial charge in [0.25, 0.3) is 10.0 Å². The maximum atomic E-state index is 13.7. The van der Waals surface area contributed by atoms with Gasteiger partial charge in [-0.05, 0) is 84.8 Å². The fourth-order valence-electron chi connectivity index (χ4n) is 3.75. The summed E-state index contributed by atoms with van der Waals surface area (Å²) in [5.74, 6) is -0.742. The number of hydrogen-bond donors (Lipinski definition) is 1. The lowest BCUT2D eigenvalue weighted by molar-refractivity contribution is -0.138. The number of hydrogen-bond acceptors (Lipinski definition) is 4. The van der Waals surface area contributed by atoms with Crippen molar-refractivity contribution in [3.8, 4) is 0 Å². The summed E-state index contributed by atoms with van der Waals surface area (Å²) in [6.07, 6.45) is 0.533. The molecule has 1 N–H and O–H groups in total. The van der Waals surface area contributed by atoms with E-state index in [2.05, 4.69) is 27.9 Å². The number of rotatable bonds is 11. The molecule has 0 aromatic heterocycles. The molecule has 7 nitrogen and oxygen atoms in total. The number of halogens is 1. The van der Waals surface area contributed by atoms with Gasteiger partial charge in [0.05, 0.1) is 10.6 Å². The third-order valence-electron chi connectivity index (χ3n) is 5.73. The lowest BCUT2D eigenvalue weighted by atomic mass is 10.1. The molecule has 0 radical (unpaired) electrons.